The first-order valence-corrected chi connectivity index (χ1v) is 5.58. The zero-order valence-corrected chi connectivity index (χ0v) is 9.34. The van der Waals surface area contributed by atoms with E-state index in [-0.39, 0.29) is 0 Å². The van der Waals surface area contributed by atoms with Gasteiger partial charge in [-0.1, -0.05) is 18.2 Å². The van der Waals surface area contributed by atoms with Gasteiger partial charge in [0.25, 0.3) is 0 Å². The fourth-order valence-electron chi connectivity index (χ4n) is 1.90. The van der Waals surface area contributed by atoms with E-state index >= 15 is 0 Å². The second kappa shape index (κ2) is 4.33. The monoisotopic (exact) mass is 227 g/mol. The molecule has 0 atom stereocenters. The van der Waals surface area contributed by atoms with Gasteiger partial charge in [-0.2, -0.15) is 5.10 Å². The van der Waals surface area contributed by atoms with Gasteiger partial charge in [0.1, 0.15) is 18.3 Å². The van der Waals surface area contributed by atoms with Crippen LogP contribution in [0.2, 0.25) is 0 Å². The van der Waals surface area contributed by atoms with Crippen LogP contribution in [0.4, 0.5) is 5.69 Å². The fraction of sp³-hybridized carbons (Fsp3) is 0.154. The molecule has 2 heterocycles. The topological polar surface area (TPSA) is 40.8 Å². The maximum atomic E-state index is 5.34. The van der Waals surface area contributed by atoms with Crippen molar-refractivity contribution < 1.29 is 4.42 Å². The molecular weight excluding hydrogens is 214 g/mol. The standard InChI is InChI=1S/C13H13N3O/c1-2-5-11(6-3-1)16-10-14-15-13(16)9-12-7-4-8-17-12/h1-8,14H,9-10H2. The van der Waals surface area contributed by atoms with Gasteiger partial charge in [-0.3, -0.25) is 5.43 Å². The highest BCUT2D eigenvalue weighted by atomic mass is 16.3. The fourth-order valence-corrected chi connectivity index (χ4v) is 1.90. The van der Waals surface area contributed by atoms with Crippen LogP contribution in [0.15, 0.2) is 58.2 Å². The van der Waals surface area contributed by atoms with E-state index in [9.17, 15) is 0 Å². The second-order valence-electron chi connectivity index (χ2n) is 3.86. The third-order valence-electron chi connectivity index (χ3n) is 2.73. The summed E-state index contributed by atoms with van der Waals surface area (Å²) in [5.41, 5.74) is 4.15. The Bertz CT molecular complexity index is 505. The van der Waals surface area contributed by atoms with Crippen LogP contribution in [-0.2, 0) is 6.42 Å². The Kier molecular flexibility index (Phi) is 2.54. The van der Waals surface area contributed by atoms with Crippen LogP contribution in [0.25, 0.3) is 0 Å². The number of hydrogen-bond acceptors (Lipinski definition) is 4. The molecule has 1 N–H and O–H groups in total. The highest BCUT2D eigenvalue weighted by Gasteiger charge is 2.19. The van der Waals surface area contributed by atoms with Gasteiger partial charge in [0.2, 0.25) is 0 Å². The van der Waals surface area contributed by atoms with Gasteiger partial charge in [0, 0.05) is 5.69 Å². The first kappa shape index (κ1) is 9.96. The van der Waals surface area contributed by atoms with E-state index in [1.54, 1.807) is 6.26 Å². The van der Waals surface area contributed by atoms with Crippen LogP contribution in [0.5, 0.6) is 0 Å². The number of hydrogen-bond donors (Lipinski definition) is 1. The lowest BCUT2D eigenvalue weighted by molar-refractivity contribution is 0.526. The molecule has 17 heavy (non-hydrogen) atoms. The molecule has 1 aromatic carbocycles. The highest BCUT2D eigenvalue weighted by Crippen LogP contribution is 2.17. The SMILES string of the molecule is c1ccc(N2CNN=C2Cc2ccco2)cc1. The molecule has 2 aromatic rings. The van der Waals surface area contributed by atoms with E-state index in [1.807, 2.05) is 30.3 Å². The van der Waals surface area contributed by atoms with E-state index in [4.69, 9.17) is 4.42 Å². The maximum absolute atomic E-state index is 5.34. The molecule has 0 bridgehead atoms. The molecule has 0 aliphatic carbocycles. The first-order chi connectivity index (χ1) is 8.43. The smallest absolute Gasteiger partial charge is 0.138 e. The zero-order chi connectivity index (χ0) is 11.5. The Balaban J connectivity index is 1.80. The maximum Gasteiger partial charge on any atom is 0.138 e. The summed E-state index contributed by atoms with van der Waals surface area (Å²) in [6, 6.07) is 14.1. The molecular formula is C13H13N3O. The van der Waals surface area contributed by atoms with E-state index in [0.29, 0.717) is 13.1 Å². The number of nitrogens with one attached hydrogen (secondary N) is 1. The quantitative estimate of drug-likeness (QED) is 0.874. The molecule has 4 nitrogen and oxygen atoms in total. The van der Waals surface area contributed by atoms with E-state index in [1.165, 1.54) is 0 Å². The van der Waals surface area contributed by atoms with Crippen LogP contribution in [-0.4, -0.2) is 12.5 Å². The van der Waals surface area contributed by atoms with Gasteiger partial charge < -0.3 is 9.32 Å². The van der Waals surface area contributed by atoms with Gasteiger partial charge in [-0.15, -0.1) is 0 Å². The molecule has 0 spiro atoms. The number of amidine groups is 1. The van der Waals surface area contributed by atoms with Crippen molar-refractivity contribution in [3.63, 3.8) is 0 Å². The minimum absolute atomic E-state index is 0.703. The lowest BCUT2D eigenvalue weighted by Crippen LogP contribution is -2.30. The summed E-state index contributed by atoms with van der Waals surface area (Å²) >= 11 is 0. The summed E-state index contributed by atoms with van der Waals surface area (Å²) in [5, 5.41) is 4.30. The van der Waals surface area contributed by atoms with Gasteiger partial charge in [-0.05, 0) is 24.3 Å². The molecule has 0 saturated carbocycles. The number of hydrazone groups is 1. The number of para-hydroxylation sites is 1. The van der Waals surface area contributed by atoms with Crippen molar-refractivity contribution >= 4 is 11.5 Å². The van der Waals surface area contributed by atoms with Gasteiger partial charge in [0.15, 0.2) is 0 Å². The van der Waals surface area contributed by atoms with Gasteiger partial charge in [0.05, 0.1) is 12.7 Å². The predicted molar refractivity (Wildman–Crippen MR) is 66.8 cm³/mol. The molecule has 3 rings (SSSR count). The molecule has 1 aliphatic rings. The molecule has 1 aromatic heterocycles. The number of rotatable bonds is 3. The van der Waals surface area contributed by atoms with Crippen LogP contribution >= 0.6 is 0 Å². The molecule has 1 aliphatic heterocycles. The van der Waals surface area contributed by atoms with Crippen molar-refractivity contribution in [3.8, 4) is 0 Å². The van der Waals surface area contributed by atoms with Crippen molar-refractivity contribution in [2.24, 2.45) is 5.10 Å². The highest BCUT2D eigenvalue weighted by molar-refractivity contribution is 5.99. The average molecular weight is 227 g/mol. The average Bonchev–Trinajstić information content (AvgIpc) is 3.02. The van der Waals surface area contributed by atoms with Crippen molar-refractivity contribution in [2.75, 3.05) is 11.6 Å². The van der Waals surface area contributed by atoms with E-state index in [2.05, 4.69) is 27.6 Å². The van der Waals surface area contributed by atoms with E-state index in [0.717, 1.165) is 17.3 Å². The van der Waals surface area contributed by atoms with E-state index < -0.39 is 0 Å². The number of anilines is 1. The second-order valence-corrected chi connectivity index (χ2v) is 3.86. The lowest BCUT2D eigenvalue weighted by Gasteiger charge is -2.18. The lowest BCUT2D eigenvalue weighted by atomic mass is 10.2. The molecule has 0 saturated heterocycles. The Labute approximate surface area is 99.5 Å². The van der Waals surface area contributed by atoms with Crippen LogP contribution in [0.3, 0.4) is 0 Å². The third-order valence-corrected chi connectivity index (χ3v) is 2.73. The molecule has 0 radical (unpaired) electrons. The largest absolute Gasteiger partial charge is 0.469 e. The normalized spacial score (nSPS) is 14.6. The molecule has 4 heteroatoms. The zero-order valence-electron chi connectivity index (χ0n) is 9.34. The minimum Gasteiger partial charge on any atom is -0.469 e. The predicted octanol–water partition coefficient (Wildman–Crippen LogP) is 2.20. The van der Waals surface area contributed by atoms with Crippen molar-refractivity contribution in [3.05, 3.63) is 54.5 Å². The molecule has 0 fully saturated rings. The Morgan fingerprint density at radius 3 is 2.82 bits per heavy atom. The number of furan rings is 1. The van der Waals surface area contributed by atoms with Gasteiger partial charge >= 0.3 is 0 Å². The summed E-state index contributed by atoms with van der Waals surface area (Å²) in [5.74, 6) is 1.90. The summed E-state index contributed by atoms with van der Waals surface area (Å²) in [6.45, 7) is 0.708. The summed E-state index contributed by atoms with van der Waals surface area (Å²) < 4.78 is 5.34. The Hall–Kier alpha value is -2.23. The number of benzene rings is 1. The Morgan fingerprint density at radius 1 is 1.18 bits per heavy atom. The van der Waals surface area contributed by atoms with Crippen molar-refractivity contribution in [2.45, 2.75) is 6.42 Å². The van der Waals surface area contributed by atoms with Crippen LogP contribution in [0, 0.1) is 0 Å². The molecule has 0 amide bonds. The third kappa shape index (κ3) is 2.01. The van der Waals surface area contributed by atoms with Crippen molar-refractivity contribution in [1.82, 2.24) is 5.43 Å². The van der Waals surface area contributed by atoms with Crippen LogP contribution < -0.4 is 10.3 Å². The minimum atomic E-state index is 0.703. The molecule has 86 valence electrons. The number of nitrogens with zero attached hydrogens (tertiary/aromatic N) is 2. The van der Waals surface area contributed by atoms with Crippen molar-refractivity contribution in [1.29, 1.82) is 0 Å². The summed E-state index contributed by atoms with van der Waals surface area (Å²) in [7, 11) is 0. The summed E-state index contributed by atoms with van der Waals surface area (Å²) in [6.07, 6.45) is 2.39. The Morgan fingerprint density at radius 2 is 2.06 bits per heavy atom. The van der Waals surface area contributed by atoms with Gasteiger partial charge in [-0.25, -0.2) is 0 Å². The van der Waals surface area contributed by atoms with Crippen LogP contribution in [0.1, 0.15) is 5.76 Å². The first-order valence-electron chi connectivity index (χ1n) is 5.58. The summed E-state index contributed by atoms with van der Waals surface area (Å²) in [4.78, 5) is 2.14. The molecule has 0 unspecified atom stereocenters.